The number of imide groups is 2. The normalized spacial score (nSPS) is 31.0. The van der Waals surface area contributed by atoms with Gasteiger partial charge in [0.25, 0.3) is 17.7 Å². The lowest BCUT2D eigenvalue weighted by molar-refractivity contribution is -0.136. The van der Waals surface area contributed by atoms with Crippen LogP contribution in [0.2, 0.25) is 0 Å². The number of hydrogen-bond acceptors (Lipinski definition) is 7. The maximum absolute atomic E-state index is 12.8. The zero-order valence-corrected chi connectivity index (χ0v) is 17.2. The highest BCUT2D eigenvalue weighted by Crippen LogP contribution is 2.44. The molecule has 0 aromatic heterocycles. The van der Waals surface area contributed by atoms with Gasteiger partial charge < -0.3 is 15.2 Å². The van der Waals surface area contributed by atoms with E-state index in [1.807, 2.05) is 0 Å². The standard InChI is InChI=1S/C22H23N3O7/c26-17-7-10-5-14(17)15(6-10)23-19(28)9-32-11-1-2-12-13(8-11)22(31)25(21(12)30)16-3-4-18(27)24-20(16)29/h1-2,8,10,14-17,26H,3-7,9H2,(H,23,28)(H,24,27,29)/t10-,14+,15-,16?,17+/m0/s1. The van der Waals surface area contributed by atoms with Gasteiger partial charge >= 0.3 is 0 Å². The van der Waals surface area contributed by atoms with Crippen molar-refractivity contribution in [3.05, 3.63) is 29.3 Å². The molecule has 2 aliphatic carbocycles. The van der Waals surface area contributed by atoms with Crippen LogP contribution in [0.15, 0.2) is 18.2 Å². The third-order valence-electron chi connectivity index (χ3n) is 6.91. The van der Waals surface area contributed by atoms with Crippen molar-refractivity contribution in [2.75, 3.05) is 6.61 Å². The average molecular weight is 441 g/mol. The lowest BCUT2D eigenvalue weighted by Gasteiger charge is -2.27. The maximum atomic E-state index is 12.8. The first-order valence-electron chi connectivity index (χ1n) is 10.8. The van der Waals surface area contributed by atoms with Crippen molar-refractivity contribution in [2.24, 2.45) is 11.8 Å². The Balaban J connectivity index is 1.22. The van der Waals surface area contributed by atoms with Gasteiger partial charge in [-0.15, -0.1) is 0 Å². The summed E-state index contributed by atoms with van der Waals surface area (Å²) in [6, 6.07) is 3.22. The molecule has 2 bridgehead atoms. The molecule has 1 aromatic carbocycles. The van der Waals surface area contributed by atoms with Crippen LogP contribution in [0.5, 0.6) is 5.75 Å². The van der Waals surface area contributed by atoms with Gasteiger partial charge in [-0.3, -0.25) is 34.2 Å². The Morgan fingerprint density at radius 1 is 1.12 bits per heavy atom. The highest BCUT2D eigenvalue weighted by atomic mass is 16.5. The third kappa shape index (κ3) is 3.44. The summed E-state index contributed by atoms with van der Waals surface area (Å²) in [6.07, 6.45) is 2.35. The molecule has 5 amide bonds. The van der Waals surface area contributed by atoms with Crippen molar-refractivity contribution < 1.29 is 33.8 Å². The molecule has 2 aliphatic heterocycles. The van der Waals surface area contributed by atoms with Crippen LogP contribution >= 0.6 is 0 Å². The molecule has 1 unspecified atom stereocenters. The van der Waals surface area contributed by atoms with Crippen molar-refractivity contribution in [3.8, 4) is 5.75 Å². The minimum absolute atomic E-state index is 0.0485. The predicted octanol–water partition coefficient (Wildman–Crippen LogP) is -0.258. The molecule has 1 saturated heterocycles. The second-order valence-electron chi connectivity index (χ2n) is 8.92. The van der Waals surface area contributed by atoms with E-state index in [1.165, 1.54) is 18.2 Å². The van der Waals surface area contributed by atoms with E-state index >= 15 is 0 Å². The Kier molecular flexibility index (Phi) is 4.96. The quantitative estimate of drug-likeness (QED) is 0.535. The molecule has 32 heavy (non-hydrogen) atoms. The molecule has 0 radical (unpaired) electrons. The molecule has 10 nitrogen and oxygen atoms in total. The monoisotopic (exact) mass is 441 g/mol. The van der Waals surface area contributed by atoms with E-state index in [2.05, 4.69) is 10.6 Å². The van der Waals surface area contributed by atoms with Gasteiger partial charge in [0.15, 0.2) is 6.61 Å². The van der Waals surface area contributed by atoms with Gasteiger partial charge in [0.1, 0.15) is 11.8 Å². The first kappa shape index (κ1) is 20.6. The number of piperidine rings is 1. The first-order valence-corrected chi connectivity index (χ1v) is 10.8. The molecule has 3 N–H and O–H groups in total. The van der Waals surface area contributed by atoms with Crippen molar-refractivity contribution in [3.63, 3.8) is 0 Å². The van der Waals surface area contributed by atoms with Crippen molar-refractivity contribution in [1.82, 2.24) is 15.5 Å². The average Bonchev–Trinajstić information content (AvgIpc) is 3.38. The fourth-order valence-corrected chi connectivity index (χ4v) is 5.42. The Labute approximate surface area is 183 Å². The summed E-state index contributed by atoms with van der Waals surface area (Å²) >= 11 is 0. The summed E-state index contributed by atoms with van der Waals surface area (Å²) in [5.74, 6) is -1.86. The third-order valence-corrected chi connectivity index (χ3v) is 6.91. The number of nitrogens with one attached hydrogen (secondary N) is 2. The van der Waals surface area contributed by atoms with E-state index in [-0.39, 0.29) is 60.3 Å². The fourth-order valence-electron chi connectivity index (χ4n) is 5.42. The number of carbonyl (C=O) groups excluding carboxylic acids is 5. The summed E-state index contributed by atoms with van der Waals surface area (Å²) < 4.78 is 5.53. The van der Waals surface area contributed by atoms with Crippen molar-refractivity contribution >= 4 is 29.5 Å². The number of hydrogen-bond donors (Lipinski definition) is 3. The molecule has 0 spiro atoms. The summed E-state index contributed by atoms with van der Waals surface area (Å²) in [5.41, 5.74) is 0.237. The molecule has 5 rings (SSSR count). The summed E-state index contributed by atoms with van der Waals surface area (Å²) in [5, 5.41) is 15.1. The number of aliphatic hydroxyl groups is 1. The van der Waals surface area contributed by atoms with Gasteiger partial charge in [-0.25, -0.2) is 0 Å². The van der Waals surface area contributed by atoms with E-state index in [0.717, 1.165) is 24.2 Å². The number of nitrogens with zero attached hydrogens (tertiary/aromatic N) is 1. The van der Waals surface area contributed by atoms with Gasteiger partial charge in [-0.1, -0.05) is 0 Å². The van der Waals surface area contributed by atoms with Gasteiger partial charge in [0, 0.05) is 18.4 Å². The number of benzene rings is 1. The van der Waals surface area contributed by atoms with Crippen LogP contribution in [-0.2, 0) is 14.4 Å². The van der Waals surface area contributed by atoms with Crippen LogP contribution in [0.3, 0.4) is 0 Å². The van der Waals surface area contributed by atoms with Gasteiger partial charge in [-0.05, 0) is 49.8 Å². The van der Waals surface area contributed by atoms with Gasteiger partial charge in [0.05, 0.1) is 17.2 Å². The number of carbonyl (C=O) groups is 5. The molecular formula is C22H23N3O7. The largest absolute Gasteiger partial charge is 0.484 e. The second-order valence-corrected chi connectivity index (χ2v) is 8.92. The van der Waals surface area contributed by atoms with Crippen LogP contribution < -0.4 is 15.4 Å². The zero-order chi connectivity index (χ0) is 22.6. The molecule has 5 atom stereocenters. The van der Waals surface area contributed by atoms with Crippen LogP contribution in [0.25, 0.3) is 0 Å². The SMILES string of the molecule is O=C1CCC(N2C(=O)c3ccc(OCC(=O)N[C@H]4C[C@@H]5C[C@H]4[C@H](O)C5)cc3C2=O)C(=O)N1. The van der Waals surface area contributed by atoms with Crippen molar-refractivity contribution in [1.29, 1.82) is 0 Å². The van der Waals surface area contributed by atoms with Gasteiger partial charge in [-0.2, -0.15) is 0 Å². The van der Waals surface area contributed by atoms with Crippen molar-refractivity contribution in [2.45, 2.75) is 50.3 Å². The molecule has 2 saturated carbocycles. The highest BCUT2D eigenvalue weighted by molar-refractivity contribution is 6.23. The van der Waals surface area contributed by atoms with Crippen LogP contribution in [0.4, 0.5) is 0 Å². The molecule has 1 aromatic rings. The first-order chi connectivity index (χ1) is 15.3. The number of aliphatic hydroxyl groups excluding tert-OH is 1. The molecule has 168 valence electrons. The topological polar surface area (TPSA) is 142 Å². The Bertz CT molecular complexity index is 1040. The minimum atomic E-state index is -1.03. The van der Waals surface area contributed by atoms with E-state index in [9.17, 15) is 29.1 Å². The van der Waals surface area contributed by atoms with Gasteiger partial charge in [0.2, 0.25) is 11.8 Å². The Hall–Kier alpha value is -3.27. The minimum Gasteiger partial charge on any atom is -0.484 e. The van der Waals surface area contributed by atoms with E-state index in [0.29, 0.717) is 5.92 Å². The summed E-state index contributed by atoms with van der Waals surface area (Å²) in [4.78, 5) is 62.2. The molecular weight excluding hydrogens is 418 g/mol. The summed E-state index contributed by atoms with van der Waals surface area (Å²) in [7, 11) is 0. The lowest BCUT2D eigenvalue weighted by atomic mass is 9.93. The predicted molar refractivity (Wildman–Crippen MR) is 107 cm³/mol. The smallest absolute Gasteiger partial charge is 0.262 e. The number of rotatable bonds is 5. The Morgan fingerprint density at radius 3 is 2.62 bits per heavy atom. The van der Waals surface area contributed by atoms with E-state index in [1.54, 1.807) is 0 Å². The van der Waals surface area contributed by atoms with Crippen LogP contribution in [0.1, 0.15) is 52.8 Å². The maximum Gasteiger partial charge on any atom is 0.262 e. The number of fused-ring (bicyclic) bond motifs is 3. The summed E-state index contributed by atoms with van der Waals surface area (Å²) in [6.45, 7) is -0.262. The highest BCUT2D eigenvalue weighted by Gasteiger charge is 2.46. The number of amides is 5. The lowest BCUT2D eigenvalue weighted by Crippen LogP contribution is -2.54. The Morgan fingerprint density at radius 2 is 1.91 bits per heavy atom. The van der Waals surface area contributed by atoms with E-state index in [4.69, 9.17) is 4.74 Å². The zero-order valence-electron chi connectivity index (χ0n) is 17.2. The number of ether oxygens (including phenoxy) is 1. The fraction of sp³-hybridized carbons (Fsp3) is 0.500. The van der Waals surface area contributed by atoms with E-state index < -0.39 is 29.7 Å². The second kappa shape index (κ2) is 7.70. The molecule has 10 heteroatoms. The molecule has 2 heterocycles. The van der Waals surface area contributed by atoms with Crippen LogP contribution in [0, 0.1) is 11.8 Å². The van der Waals surface area contributed by atoms with Crippen LogP contribution in [-0.4, -0.2) is 64.3 Å². The molecule has 3 fully saturated rings. The molecule has 4 aliphatic rings.